The van der Waals surface area contributed by atoms with Gasteiger partial charge in [0.15, 0.2) is 0 Å². The fraction of sp³-hybridized carbons (Fsp3) is 0.240. The fourth-order valence-corrected chi connectivity index (χ4v) is 8.80. The van der Waals surface area contributed by atoms with Crippen molar-refractivity contribution in [3.8, 4) is 0 Å². The van der Waals surface area contributed by atoms with E-state index in [-0.39, 0.29) is 3.41 Å². The summed E-state index contributed by atoms with van der Waals surface area (Å²) >= 11 is 5.72. The summed E-state index contributed by atoms with van der Waals surface area (Å²) < 4.78 is -0.208. The Bertz CT molecular complexity index is 811. The minimum atomic E-state index is -0.208. The van der Waals surface area contributed by atoms with E-state index in [0.29, 0.717) is 18.1 Å². The highest BCUT2D eigenvalue weighted by molar-refractivity contribution is 8.33. The SMILES string of the molecule is O=C1CCCC(C(Sc2ccccc2)(Sc2ccccc2)Sc2ccccc2)C1. The monoisotopic (exact) mass is 436 g/mol. The van der Waals surface area contributed by atoms with Gasteiger partial charge in [-0.05, 0) is 49.2 Å². The van der Waals surface area contributed by atoms with Crippen molar-refractivity contribution in [3.63, 3.8) is 0 Å². The third-order valence-electron chi connectivity index (χ3n) is 4.99. The Kier molecular flexibility index (Phi) is 7.06. The predicted molar refractivity (Wildman–Crippen MR) is 127 cm³/mol. The number of benzene rings is 3. The molecular weight excluding hydrogens is 412 g/mol. The zero-order valence-corrected chi connectivity index (χ0v) is 18.6. The van der Waals surface area contributed by atoms with Crippen LogP contribution in [0.3, 0.4) is 0 Å². The number of thioether (sulfide) groups is 3. The van der Waals surface area contributed by atoms with Crippen LogP contribution in [0.4, 0.5) is 0 Å². The van der Waals surface area contributed by atoms with Crippen LogP contribution in [0, 0.1) is 5.92 Å². The first-order chi connectivity index (χ1) is 14.2. The first kappa shape index (κ1) is 20.6. The number of ketones is 1. The lowest BCUT2D eigenvalue weighted by Crippen LogP contribution is -2.32. The summed E-state index contributed by atoms with van der Waals surface area (Å²) in [4.78, 5) is 16.2. The molecule has 1 saturated carbocycles. The fourth-order valence-electron chi connectivity index (χ4n) is 3.60. The summed E-state index contributed by atoms with van der Waals surface area (Å²) in [5, 5.41) is 0. The standard InChI is InChI=1S/C25H24OS3/c26-21-12-10-11-20(19-21)25(27-22-13-4-1-5-14-22,28-23-15-6-2-7-16-23)29-24-17-8-3-9-18-24/h1-9,13-18,20H,10-12,19H2. The van der Waals surface area contributed by atoms with Gasteiger partial charge in [-0.25, -0.2) is 0 Å². The van der Waals surface area contributed by atoms with Crippen LogP contribution in [0.15, 0.2) is 106 Å². The van der Waals surface area contributed by atoms with Crippen molar-refractivity contribution in [2.45, 2.75) is 43.8 Å². The lowest BCUT2D eigenvalue weighted by Gasteiger charge is -2.41. The van der Waals surface area contributed by atoms with Gasteiger partial charge >= 0.3 is 0 Å². The van der Waals surface area contributed by atoms with Gasteiger partial charge < -0.3 is 0 Å². The van der Waals surface area contributed by atoms with Gasteiger partial charge in [0.2, 0.25) is 0 Å². The molecule has 1 fully saturated rings. The van der Waals surface area contributed by atoms with Gasteiger partial charge in [-0.3, -0.25) is 4.79 Å². The molecular formula is C25H24OS3. The molecule has 0 aliphatic heterocycles. The van der Waals surface area contributed by atoms with Crippen molar-refractivity contribution in [3.05, 3.63) is 91.0 Å². The Morgan fingerprint density at radius 1 is 0.655 bits per heavy atom. The number of carbonyl (C=O) groups is 1. The summed E-state index contributed by atoms with van der Waals surface area (Å²) in [7, 11) is 0. The van der Waals surface area contributed by atoms with Gasteiger partial charge in [-0.1, -0.05) is 89.9 Å². The lowest BCUT2D eigenvalue weighted by molar-refractivity contribution is -0.121. The van der Waals surface area contributed by atoms with Gasteiger partial charge in [0.05, 0.1) is 0 Å². The Morgan fingerprint density at radius 3 is 1.45 bits per heavy atom. The average molecular weight is 437 g/mol. The second-order valence-electron chi connectivity index (χ2n) is 7.18. The molecule has 0 N–H and O–H groups in total. The van der Waals surface area contributed by atoms with Crippen LogP contribution in [-0.4, -0.2) is 9.19 Å². The molecule has 4 heteroatoms. The molecule has 0 bridgehead atoms. The molecule has 0 heterocycles. The zero-order chi connectivity index (χ0) is 19.9. The lowest BCUT2D eigenvalue weighted by atomic mass is 9.89. The van der Waals surface area contributed by atoms with Crippen molar-refractivity contribution in [2.24, 2.45) is 5.92 Å². The number of hydrogen-bond donors (Lipinski definition) is 0. The van der Waals surface area contributed by atoms with E-state index in [4.69, 9.17) is 0 Å². The zero-order valence-electron chi connectivity index (χ0n) is 16.2. The summed E-state index contributed by atoms with van der Waals surface area (Å²) in [6.07, 6.45) is 3.48. The first-order valence-electron chi connectivity index (χ1n) is 9.97. The number of rotatable bonds is 7. The molecule has 1 aliphatic carbocycles. The maximum absolute atomic E-state index is 12.4. The van der Waals surface area contributed by atoms with Crippen molar-refractivity contribution in [2.75, 3.05) is 0 Å². The van der Waals surface area contributed by atoms with Gasteiger partial charge in [0.25, 0.3) is 0 Å². The maximum atomic E-state index is 12.4. The summed E-state index contributed by atoms with van der Waals surface area (Å²) in [6, 6.07) is 31.9. The van der Waals surface area contributed by atoms with Crippen molar-refractivity contribution in [1.29, 1.82) is 0 Å². The molecule has 29 heavy (non-hydrogen) atoms. The van der Waals surface area contributed by atoms with Gasteiger partial charge in [-0.2, -0.15) is 0 Å². The largest absolute Gasteiger partial charge is 0.300 e. The predicted octanol–water partition coefficient (Wildman–Crippen LogP) is 7.78. The molecule has 3 aromatic carbocycles. The maximum Gasteiger partial charge on any atom is 0.133 e. The molecule has 1 aliphatic rings. The van der Waals surface area contributed by atoms with Crippen LogP contribution in [0.2, 0.25) is 0 Å². The van der Waals surface area contributed by atoms with Crippen molar-refractivity contribution < 1.29 is 4.79 Å². The van der Waals surface area contributed by atoms with E-state index >= 15 is 0 Å². The van der Waals surface area contributed by atoms with Crippen molar-refractivity contribution in [1.82, 2.24) is 0 Å². The molecule has 3 aromatic rings. The van der Waals surface area contributed by atoms with E-state index in [9.17, 15) is 4.79 Å². The Hall–Kier alpha value is -1.62. The van der Waals surface area contributed by atoms with Crippen molar-refractivity contribution >= 4 is 41.1 Å². The minimum absolute atomic E-state index is 0.208. The normalized spacial score (nSPS) is 17.2. The Morgan fingerprint density at radius 2 is 1.07 bits per heavy atom. The summed E-state index contributed by atoms with van der Waals surface area (Å²) in [6.45, 7) is 0. The van der Waals surface area contributed by atoms with E-state index in [1.165, 1.54) is 14.7 Å². The molecule has 0 spiro atoms. The first-order valence-corrected chi connectivity index (χ1v) is 12.4. The summed E-state index contributed by atoms with van der Waals surface area (Å²) in [5.41, 5.74) is 0. The van der Waals surface area contributed by atoms with Crippen LogP contribution < -0.4 is 0 Å². The molecule has 148 valence electrons. The average Bonchev–Trinajstić information content (AvgIpc) is 2.76. The van der Waals surface area contributed by atoms with Crippen LogP contribution in [0.1, 0.15) is 25.7 Å². The highest BCUT2D eigenvalue weighted by atomic mass is 32.3. The summed E-state index contributed by atoms with van der Waals surface area (Å²) in [5.74, 6) is 0.714. The number of Topliss-reactive ketones (excluding diaryl/α,β-unsaturated/α-hetero) is 1. The highest BCUT2D eigenvalue weighted by Crippen LogP contribution is 2.61. The quantitative estimate of drug-likeness (QED) is 0.278. The molecule has 0 amide bonds. The van der Waals surface area contributed by atoms with Gasteiger partial charge in [-0.15, -0.1) is 0 Å². The molecule has 4 rings (SSSR count). The molecule has 1 nitrogen and oxygen atoms in total. The number of hydrogen-bond acceptors (Lipinski definition) is 4. The Labute approximate surface area is 186 Å². The second kappa shape index (κ2) is 9.92. The van der Waals surface area contributed by atoms with E-state index < -0.39 is 0 Å². The third-order valence-corrected chi connectivity index (χ3v) is 9.87. The van der Waals surface area contributed by atoms with E-state index in [1.54, 1.807) is 0 Å². The second-order valence-corrected chi connectivity index (χ2v) is 11.9. The van der Waals surface area contributed by atoms with Crippen LogP contribution >= 0.6 is 35.3 Å². The Balaban J connectivity index is 1.76. The molecule has 1 unspecified atom stereocenters. The van der Waals surface area contributed by atoms with E-state index in [0.717, 1.165) is 19.3 Å². The smallest absolute Gasteiger partial charge is 0.133 e. The minimum Gasteiger partial charge on any atom is -0.300 e. The highest BCUT2D eigenvalue weighted by Gasteiger charge is 2.44. The van der Waals surface area contributed by atoms with Crippen LogP contribution in [0.5, 0.6) is 0 Å². The molecule has 1 atom stereocenters. The molecule has 0 saturated heterocycles. The van der Waals surface area contributed by atoms with Gasteiger partial charge in [0.1, 0.15) is 9.19 Å². The molecule has 0 radical (unpaired) electrons. The van der Waals surface area contributed by atoms with E-state index in [1.807, 2.05) is 35.3 Å². The van der Waals surface area contributed by atoms with Gasteiger partial charge in [0, 0.05) is 33.4 Å². The van der Waals surface area contributed by atoms with Crippen LogP contribution in [0.25, 0.3) is 0 Å². The third kappa shape index (κ3) is 5.50. The number of carbonyl (C=O) groups excluding carboxylic acids is 1. The van der Waals surface area contributed by atoms with Crippen LogP contribution in [-0.2, 0) is 4.79 Å². The topological polar surface area (TPSA) is 17.1 Å². The molecule has 0 aromatic heterocycles. The van der Waals surface area contributed by atoms with E-state index in [2.05, 4.69) is 91.0 Å².